The highest BCUT2D eigenvalue weighted by molar-refractivity contribution is 5.91. The summed E-state index contributed by atoms with van der Waals surface area (Å²) in [6.07, 6.45) is 9.80. The molecule has 0 spiro atoms. The molecule has 3 unspecified atom stereocenters. The van der Waals surface area contributed by atoms with Crippen molar-refractivity contribution in [3.63, 3.8) is 0 Å². The molecule has 0 radical (unpaired) electrons. The van der Waals surface area contributed by atoms with E-state index in [9.17, 15) is 0 Å². The molecule has 2 heterocycles. The number of hydrogen-bond acceptors (Lipinski definition) is 5. The van der Waals surface area contributed by atoms with Crippen molar-refractivity contribution in [1.82, 2.24) is 16.2 Å². The Morgan fingerprint density at radius 2 is 1.38 bits per heavy atom. The maximum atomic E-state index is 6.45. The molecule has 0 bridgehead atoms. The van der Waals surface area contributed by atoms with Crippen molar-refractivity contribution >= 4 is 5.69 Å². The van der Waals surface area contributed by atoms with E-state index in [0.717, 1.165) is 18.5 Å². The minimum atomic E-state index is -0.141. The molecule has 50 heavy (non-hydrogen) atoms. The first-order chi connectivity index (χ1) is 24.6. The fourth-order valence-electron chi connectivity index (χ4n) is 6.55. The molecule has 5 aromatic rings. The van der Waals surface area contributed by atoms with Crippen molar-refractivity contribution in [2.24, 2.45) is 5.73 Å². The van der Waals surface area contributed by atoms with Crippen molar-refractivity contribution in [3.8, 4) is 22.3 Å². The third-order valence-corrected chi connectivity index (χ3v) is 8.80. The van der Waals surface area contributed by atoms with Crippen LogP contribution in [-0.2, 0) is 12.8 Å². The van der Waals surface area contributed by atoms with Gasteiger partial charge in [0.15, 0.2) is 0 Å². The Morgan fingerprint density at radius 1 is 0.740 bits per heavy atom. The zero-order valence-corrected chi connectivity index (χ0v) is 29.8. The Bertz CT molecular complexity index is 1890. The van der Waals surface area contributed by atoms with Crippen LogP contribution < -0.4 is 27.2 Å². The smallest absolute Gasteiger partial charge is 0.112 e. The maximum absolute atomic E-state index is 6.45. The minimum absolute atomic E-state index is 0.0153. The first kappa shape index (κ1) is 36.1. The third-order valence-electron chi connectivity index (χ3n) is 8.80. The number of hydrogen-bond donors (Lipinski definition) is 5. The average Bonchev–Trinajstić information content (AvgIpc) is 3.76. The predicted molar refractivity (Wildman–Crippen MR) is 213 cm³/mol. The van der Waals surface area contributed by atoms with Crippen LogP contribution in [0.5, 0.6) is 0 Å². The summed E-state index contributed by atoms with van der Waals surface area (Å²) in [5, 5.41) is 7.29. The number of anilines is 1. The summed E-state index contributed by atoms with van der Waals surface area (Å²) in [5.74, 6) is 0. The molecule has 6 N–H and O–H groups in total. The van der Waals surface area contributed by atoms with Crippen LogP contribution in [0.15, 0.2) is 158 Å². The summed E-state index contributed by atoms with van der Waals surface area (Å²) in [4.78, 5) is 0. The van der Waals surface area contributed by atoms with E-state index in [-0.39, 0.29) is 18.4 Å². The molecule has 256 valence electrons. The number of nitrogens with two attached hydrogens (primary N) is 1. The van der Waals surface area contributed by atoms with Crippen molar-refractivity contribution in [3.05, 3.63) is 186 Å². The highest BCUT2D eigenvalue weighted by atomic mass is 15.5. The lowest BCUT2D eigenvalue weighted by molar-refractivity contribution is 0.555. The van der Waals surface area contributed by atoms with Crippen LogP contribution in [-0.4, -0.2) is 12.2 Å². The molecule has 0 amide bonds. The minimum Gasteiger partial charge on any atom is -0.400 e. The Hall–Kier alpha value is -5.20. The van der Waals surface area contributed by atoms with Crippen molar-refractivity contribution in [1.29, 1.82) is 0 Å². The summed E-state index contributed by atoms with van der Waals surface area (Å²) in [7, 11) is 0. The van der Waals surface area contributed by atoms with E-state index in [1.807, 2.05) is 63.2 Å². The standard InChI is InChI=1S/C33H31N5.C7H8.C3H6.C2H6/c34-29(33-36-32(37-38-33)21-9-2-1-3-10-21)15-8-12-24-19-23-17-18-26-25-13-5-4-11-22(25)20-28(26)31(23)27-14-6-7-16-30(27)35-24;1-7-5-3-2-4-6-7;1-3-2;1-2/h1-18,24,32-33,35-38H,19-20,34H2;2-6H,1H3;3H,1H2,2H3;1-2H3/b12-8-,29-15-;;;. The van der Waals surface area contributed by atoms with Gasteiger partial charge in [0.25, 0.3) is 0 Å². The highest BCUT2D eigenvalue weighted by Gasteiger charge is 2.28. The lowest BCUT2D eigenvalue weighted by Gasteiger charge is -2.15. The maximum Gasteiger partial charge on any atom is 0.112 e. The quantitative estimate of drug-likeness (QED) is 0.0961. The second kappa shape index (κ2) is 18.0. The van der Waals surface area contributed by atoms with Gasteiger partial charge < -0.3 is 11.1 Å². The van der Waals surface area contributed by atoms with E-state index in [4.69, 9.17) is 5.73 Å². The van der Waals surface area contributed by atoms with Gasteiger partial charge in [0.05, 0.1) is 6.17 Å². The zero-order valence-electron chi connectivity index (χ0n) is 29.8. The van der Waals surface area contributed by atoms with Gasteiger partial charge in [-0.3, -0.25) is 5.32 Å². The molecule has 8 rings (SSSR count). The van der Waals surface area contributed by atoms with E-state index >= 15 is 0 Å². The van der Waals surface area contributed by atoms with Crippen LogP contribution in [0.3, 0.4) is 0 Å². The van der Waals surface area contributed by atoms with E-state index < -0.39 is 0 Å². The number of benzene rings is 5. The van der Waals surface area contributed by atoms with Crippen LogP contribution >= 0.6 is 0 Å². The van der Waals surface area contributed by atoms with Crippen LogP contribution in [0.1, 0.15) is 54.8 Å². The molecule has 5 nitrogen and oxygen atoms in total. The number of allylic oxidation sites excluding steroid dienone is 3. The largest absolute Gasteiger partial charge is 0.400 e. The van der Waals surface area contributed by atoms with Crippen LogP contribution in [0.2, 0.25) is 0 Å². The topological polar surface area (TPSA) is 74.1 Å². The number of rotatable bonds is 4. The number of para-hydroxylation sites is 1. The average molecular weight is 662 g/mol. The fraction of sp³-hybridized carbons (Fsp3) is 0.200. The SMILES string of the molecule is C=CC.CC.Cc1ccccc1.N/C(=C\C=C/C1Cc2ccc3c(c2-c2ccccc2N1)Cc1ccccc1-3)C1NNC(c2ccccc2)N1. The first-order valence-corrected chi connectivity index (χ1v) is 17.7. The highest BCUT2D eigenvalue weighted by Crippen LogP contribution is 2.46. The van der Waals surface area contributed by atoms with Gasteiger partial charge >= 0.3 is 0 Å². The molecule has 5 aromatic carbocycles. The lowest BCUT2D eigenvalue weighted by atomic mass is 9.89. The molecule has 0 saturated carbocycles. The van der Waals surface area contributed by atoms with Crippen molar-refractivity contribution in [2.75, 3.05) is 5.32 Å². The summed E-state index contributed by atoms with van der Waals surface area (Å²) in [6.45, 7) is 11.3. The predicted octanol–water partition coefficient (Wildman–Crippen LogP) is 9.60. The number of nitrogens with one attached hydrogen (secondary N) is 4. The van der Waals surface area contributed by atoms with Crippen molar-refractivity contribution in [2.45, 2.75) is 58.9 Å². The molecule has 3 aliphatic rings. The zero-order chi connectivity index (χ0) is 35.3. The Labute approximate surface area is 299 Å². The van der Waals surface area contributed by atoms with E-state index in [1.165, 1.54) is 55.8 Å². The van der Waals surface area contributed by atoms with Gasteiger partial charge in [-0.1, -0.05) is 153 Å². The fourth-order valence-corrected chi connectivity index (χ4v) is 6.55. The Balaban J connectivity index is 0.000000350. The van der Waals surface area contributed by atoms with E-state index in [1.54, 1.807) is 6.08 Å². The summed E-state index contributed by atoms with van der Waals surface area (Å²) < 4.78 is 0. The molecular weight excluding hydrogens is 611 g/mol. The molecule has 0 aromatic heterocycles. The second-order valence-corrected chi connectivity index (χ2v) is 12.3. The second-order valence-electron chi connectivity index (χ2n) is 12.3. The summed E-state index contributed by atoms with van der Waals surface area (Å²) in [5.41, 5.74) is 27.1. The lowest BCUT2D eigenvalue weighted by Crippen LogP contribution is -2.38. The number of fused-ring (bicyclic) bond motifs is 7. The van der Waals surface area contributed by atoms with E-state index in [2.05, 4.69) is 132 Å². The molecule has 3 atom stereocenters. The van der Waals surface area contributed by atoms with Gasteiger partial charge in [-0.25, -0.2) is 10.9 Å². The number of hydrazine groups is 1. The van der Waals surface area contributed by atoms with Gasteiger partial charge in [0, 0.05) is 23.0 Å². The van der Waals surface area contributed by atoms with Gasteiger partial charge in [-0.2, -0.15) is 0 Å². The number of aryl methyl sites for hydroxylation is 1. The Kier molecular flexibility index (Phi) is 13.0. The first-order valence-electron chi connectivity index (χ1n) is 17.7. The molecule has 2 aliphatic heterocycles. The van der Waals surface area contributed by atoms with Crippen molar-refractivity contribution < 1.29 is 0 Å². The van der Waals surface area contributed by atoms with Crippen LogP contribution in [0.25, 0.3) is 22.3 Å². The van der Waals surface area contributed by atoms with Gasteiger partial charge in [0.2, 0.25) is 0 Å². The molecule has 1 saturated heterocycles. The molecule has 5 heteroatoms. The van der Waals surface area contributed by atoms with Crippen LogP contribution in [0, 0.1) is 6.92 Å². The summed E-state index contributed by atoms with van der Waals surface area (Å²) in [6, 6.07) is 42.8. The van der Waals surface area contributed by atoms with Gasteiger partial charge in [-0.15, -0.1) is 6.58 Å². The van der Waals surface area contributed by atoms with Gasteiger partial charge in [0.1, 0.15) is 6.17 Å². The molecule has 1 aliphatic carbocycles. The molecule has 1 fully saturated rings. The molecular formula is C45H51N5. The normalized spacial score (nSPS) is 18.2. The van der Waals surface area contributed by atoms with E-state index in [0.29, 0.717) is 0 Å². The third kappa shape index (κ3) is 8.68. The summed E-state index contributed by atoms with van der Waals surface area (Å²) >= 11 is 0. The Morgan fingerprint density at radius 3 is 2.08 bits per heavy atom. The van der Waals surface area contributed by atoms with Crippen LogP contribution in [0.4, 0.5) is 5.69 Å². The van der Waals surface area contributed by atoms with Gasteiger partial charge in [-0.05, 0) is 77.8 Å². The monoisotopic (exact) mass is 661 g/mol.